The highest BCUT2D eigenvalue weighted by Gasteiger charge is 2.28. The summed E-state index contributed by atoms with van der Waals surface area (Å²) in [6, 6.07) is 11.5. The SMILES string of the molecule is COc1ccc(S(=O)(=O)NC2CC2)cc1NC(=O)c1cnc2ccccc2n1. The second-order valence-electron chi connectivity index (χ2n) is 6.46. The third-order valence-electron chi connectivity index (χ3n) is 4.31. The average Bonchev–Trinajstić information content (AvgIpc) is 3.50. The maximum Gasteiger partial charge on any atom is 0.275 e. The average molecular weight is 398 g/mol. The predicted molar refractivity (Wildman–Crippen MR) is 104 cm³/mol. The molecule has 8 nitrogen and oxygen atoms in total. The van der Waals surface area contributed by atoms with E-state index in [4.69, 9.17) is 4.74 Å². The van der Waals surface area contributed by atoms with Crippen molar-refractivity contribution in [3.8, 4) is 5.75 Å². The Kier molecular flexibility index (Phi) is 4.70. The summed E-state index contributed by atoms with van der Waals surface area (Å²) in [5.41, 5.74) is 1.62. The molecule has 9 heteroatoms. The molecule has 4 rings (SSSR count). The highest BCUT2D eigenvalue weighted by molar-refractivity contribution is 7.89. The summed E-state index contributed by atoms with van der Waals surface area (Å²) in [5.74, 6) is -0.172. The number of rotatable bonds is 6. The van der Waals surface area contributed by atoms with Crippen molar-refractivity contribution in [2.24, 2.45) is 0 Å². The number of benzene rings is 2. The fourth-order valence-corrected chi connectivity index (χ4v) is 4.02. The summed E-state index contributed by atoms with van der Waals surface area (Å²) >= 11 is 0. The molecule has 1 amide bonds. The summed E-state index contributed by atoms with van der Waals surface area (Å²) < 4.78 is 32.8. The van der Waals surface area contributed by atoms with E-state index in [2.05, 4.69) is 20.0 Å². The summed E-state index contributed by atoms with van der Waals surface area (Å²) in [5, 5.41) is 2.67. The number of anilines is 1. The smallest absolute Gasteiger partial charge is 0.275 e. The molecule has 2 aromatic carbocycles. The number of sulfonamides is 1. The molecule has 0 spiro atoms. The Morgan fingerprint density at radius 1 is 1.14 bits per heavy atom. The number of carbonyl (C=O) groups excluding carboxylic acids is 1. The van der Waals surface area contributed by atoms with Crippen LogP contribution in [0, 0.1) is 0 Å². The first-order valence-electron chi connectivity index (χ1n) is 8.70. The zero-order chi connectivity index (χ0) is 19.7. The van der Waals surface area contributed by atoms with Crippen LogP contribution in [0.4, 0.5) is 5.69 Å². The highest BCUT2D eigenvalue weighted by Crippen LogP contribution is 2.29. The molecule has 28 heavy (non-hydrogen) atoms. The monoisotopic (exact) mass is 398 g/mol. The van der Waals surface area contributed by atoms with Crippen LogP contribution in [0.5, 0.6) is 5.75 Å². The van der Waals surface area contributed by atoms with Crippen LogP contribution in [0.1, 0.15) is 23.3 Å². The van der Waals surface area contributed by atoms with E-state index in [1.54, 1.807) is 12.1 Å². The van der Waals surface area contributed by atoms with Gasteiger partial charge in [0.05, 0.1) is 34.9 Å². The van der Waals surface area contributed by atoms with Gasteiger partial charge in [-0.3, -0.25) is 9.78 Å². The minimum absolute atomic E-state index is 0.0157. The fraction of sp³-hybridized carbons (Fsp3) is 0.211. The summed E-state index contributed by atoms with van der Waals surface area (Å²) in [6.45, 7) is 0. The molecule has 0 bridgehead atoms. The maximum absolute atomic E-state index is 12.6. The first-order valence-corrected chi connectivity index (χ1v) is 10.2. The molecule has 1 aliphatic carbocycles. The third kappa shape index (κ3) is 3.80. The summed E-state index contributed by atoms with van der Waals surface area (Å²) in [6.07, 6.45) is 3.04. The van der Waals surface area contributed by atoms with Crippen LogP contribution in [0.15, 0.2) is 53.6 Å². The number of ether oxygens (including phenoxy) is 1. The van der Waals surface area contributed by atoms with Crippen molar-refractivity contribution in [1.29, 1.82) is 0 Å². The molecular weight excluding hydrogens is 380 g/mol. The number of nitrogens with zero attached hydrogens (tertiary/aromatic N) is 2. The number of fused-ring (bicyclic) bond motifs is 1. The number of hydrogen-bond donors (Lipinski definition) is 2. The molecule has 0 atom stereocenters. The molecule has 0 unspecified atom stereocenters. The van der Waals surface area contributed by atoms with Crippen molar-refractivity contribution in [1.82, 2.24) is 14.7 Å². The van der Waals surface area contributed by atoms with Crippen LogP contribution in [-0.2, 0) is 10.0 Å². The molecule has 1 aromatic heterocycles. The van der Waals surface area contributed by atoms with Gasteiger partial charge in [0.1, 0.15) is 11.4 Å². The Hall–Kier alpha value is -3.04. The summed E-state index contributed by atoms with van der Waals surface area (Å²) in [7, 11) is -2.22. The van der Waals surface area contributed by atoms with Gasteiger partial charge in [0, 0.05) is 6.04 Å². The quantitative estimate of drug-likeness (QED) is 0.659. The van der Waals surface area contributed by atoms with E-state index in [1.165, 1.54) is 31.5 Å². The van der Waals surface area contributed by atoms with Gasteiger partial charge in [-0.25, -0.2) is 18.1 Å². The number of nitrogens with one attached hydrogen (secondary N) is 2. The molecular formula is C19H18N4O4S. The molecule has 0 radical (unpaired) electrons. The van der Waals surface area contributed by atoms with E-state index < -0.39 is 15.9 Å². The zero-order valence-corrected chi connectivity index (χ0v) is 15.9. The van der Waals surface area contributed by atoms with Crippen molar-refractivity contribution >= 4 is 32.7 Å². The van der Waals surface area contributed by atoms with Gasteiger partial charge in [-0.1, -0.05) is 12.1 Å². The molecule has 1 fully saturated rings. The van der Waals surface area contributed by atoms with E-state index in [1.807, 2.05) is 12.1 Å². The molecule has 0 saturated heterocycles. The van der Waals surface area contributed by atoms with Gasteiger partial charge in [0.2, 0.25) is 10.0 Å². The van der Waals surface area contributed by atoms with Crippen molar-refractivity contribution < 1.29 is 17.9 Å². The first-order chi connectivity index (χ1) is 13.5. The van der Waals surface area contributed by atoms with Gasteiger partial charge in [-0.2, -0.15) is 0 Å². The lowest BCUT2D eigenvalue weighted by Gasteiger charge is -2.13. The lowest BCUT2D eigenvalue weighted by atomic mass is 10.2. The lowest BCUT2D eigenvalue weighted by molar-refractivity contribution is 0.102. The van der Waals surface area contributed by atoms with E-state index in [0.29, 0.717) is 16.8 Å². The molecule has 1 aliphatic rings. The predicted octanol–water partition coefficient (Wildman–Crippen LogP) is 2.33. The number of hydrogen-bond acceptors (Lipinski definition) is 6. The maximum atomic E-state index is 12.6. The van der Waals surface area contributed by atoms with Crippen LogP contribution in [0.25, 0.3) is 11.0 Å². The number of amides is 1. The molecule has 1 saturated carbocycles. The largest absolute Gasteiger partial charge is 0.495 e. The van der Waals surface area contributed by atoms with Crippen LogP contribution in [0.2, 0.25) is 0 Å². The van der Waals surface area contributed by atoms with Crippen LogP contribution in [-0.4, -0.2) is 37.4 Å². The number of para-hydroxylation sites is 2. The number of aromatic nitrogens is 2. The zero-order valence-electron chi connectivity index (χ0n) is 15.0. The van der Waals surface area contributed by atoms with Crippen molar-refractivity contribution in [3.63, 3.8) is 0 Å². The van der Waals surface area contributed by atoms with E-state index >= 15 is 0 Å². The van der Waals surface area contributed by atoms with E-state index in [0.717, 1.165) is 12.8 Å². The molecule has 3 aromatic rings. The van der Waals surface area contributed by atoms with Gasteiger partial charge >= 0.3 is 0 Å². The van der Waals surface area contributed by atoms with Gasteiger partial charge < -0.3 is 10.1 Å². The third-order valence-corrected chi connectivity index (χ3v) is 5.83. The van der Waals surface area contributed by atoms with E-state index in [9.17, 15) is 13.2 Å². The second kappa shape index (κ2) is 7.17. The Morgan fingerprint density at radius 2 is 1.89 bits per heavy atom. The van der Waals surface area contributed by atoms with Crippen molar-refractivity contribution in [2.45, 2.75) is 23.8 Å². The van der Waals surface area contributed by atoms with Crippen molar-refractivity contribution in [3.05, 3.63) is 54.4 Å². The Bertz CT molecular complexity index is 1160. The highest BCUT2D eigenvalue weighted by atomic mass is 32.2. The molecule has 1 heterocycles. The minimum atomic E-state index is -3.66. The van der Waals surface area contributed by atoms with Crippen LogP contribution < -0.4 is 14.8 Å². The molecule has 0 aliphatic heterocycles. The summed E-state index contributed by atoms with van der Waals surface area (Å²) in [4.78, 5) is 21.2. The lowest BCUT2D eigenvalue weighted by Crippen LogP contribution is -2.26. The number of carbonyl (C=O) groups is 1. The first kappa shape index (κ1) is 18.3. The van der Waals surface area contributed by atoms with Crippen LogP contribution in [0.3, 0.4) is 0 Å². The fourth-order valence-electron chi connectivity index (χ4n) is 2.69. The number of methoxy groups -OCH3 is 1. The Balaban J connectivity index is 1.63. The van der Waals surface area contributed by atoms with Gasteiger partial charge in [-0.05, 0) is 43.2 Å². The Labute approximate surface area is 162 Å². The van der Waals surface area contributed by atoms with Crippen LogP contribution >= 0.6 is 0 Å². The Morgan fingerprint density at radius 3 is 2.61 bits per heavy atom. The van der Waals surface area contributed by atoms with Crippen molar-refractivity contribution in [2.75, 3.05) is 12.4 Å². The van der Waals surface area contributed by atoms with Gasteiger partial charge in [0.15, 0.2) is 0 Å². The standard InChI is InChI=1S/C19H18N4O4S/c1-27-18-9-8-13(28(25,26)23-12-6-7-12)10-16(18)22-19(24)17-11-20-14-4-2-3-5-15(14)21-17/h2-5,8-12,23H,6-7H2,1H3,(H,22,24). The topological polar surface area (TPSA) is 110 Å². The van der Waals surface area contributed by atoms with Gasteiger partial charge in [-0.15, -0.1) is 0 Å². The normalized spacial score (nSPS) is 14.0. The van der Waals surface area contributed by atoms with Gasteiger partial charge in [0.25, 0.3) is 5.91 Å². The second-order valence-corrected chi connectivity index (χ2v) is 8.17. The molecule has 2 N–H and O–H groups in total. The minimum Gasteiger partial charge on any atom is -0.495 e. The molecule has 144 valence electrons. The van der Waals surface area contributed by atoms with E-state index in [-0.39, 0.29) is 22.3 Å².